The molecule has 0 spiro atoms. The lowest BCUT2D eigenvalue weighted by Crippen LogP contribution is -2.35. The largest absolute Gasteiger partial charge is 0.477 e. The van der Waals surface area contributed by atoms with Gasteiger partial charge in [0.25, 0.3) is 0 Å². The third kappa shape index (κ3) is 3.50. The van der Waals surface area contributed by atoms with Gasteiger partial charge in [-0.1, -0.05) is 0 Å². The highest BCUT2D eigenvalue weighted by atomic mass is 19.1. The zero-order chi connectivity index (χ0) is 27.9. The van der Waals surface area contributed by atoms with Crippen LogP contribution >= 0.6 is 0 Å². The number of H-pyrrole nitrogens is 1. The van der Waals surface area contributed by atoms with Crippen LogP contribution < -0.4 is 15.6 Å². The molecule has 11 heteroatoms. The normalized spacial score (nSPS) is 19.2. The molecule has 2 atom stereocenters. The number of aryl methyl sites for hydroxylation is 1. The van der Waals surface area contributed by atoms with E-state index in [-0.39, 0.29) is 22.8 Å². The Morgan fingerprint density at radius 2 is 1.98 bits per heavy atom. The van der Waals surface area contributed by atoms with Gasteiger partial charge in [0.05, 0.1) is 27.7 Å². The standard InChI is InChI=1S/C29H28FN7O3/c1-31-21-8-16(30)7-17-23-25(37-5-4-14-11-35(2)13-22(14)37)19(10-32-27(23)34-24(17)21)15-6-18-26(38)20(29(39)40)12-36(3)28(18)33-9-15/h6-10,12,14,22,31H,4-5,11,13H2,1-3H3,(H,32,34)(H,39,40)/t14-,22+/m1/s1. The number of likely N-dealkylation sites (tertiary alicyclic amines) is 1. The van der Waals surface area contributed by atoms with E-state index in [1.807, 2.05) is 0 Å². The molecule has 204 valence electrons. The van der Waals surface area contributed by atoms with Crippen molar-refractivity contribution in [3.8, 4) is 11.1 Å². The highest BCUT2D eigenvalue weighted by Crippen LogP contribution is 2.46. The van der Waals surface area contributed by atoms with Crippen LogP contribution in [-0.2, 0) is 7.05 Å². The fraction of sp³-hybridized carbons (Fsp3) is 0.310. The van der Waals surface area contributed by atoms with Gasteiger partial charge >= 0.3 is 5.97 Å². The lowest BCUT2D eigenvalue weighted by molar-refractivity contribution is 0.0695. The molecule has 2 fully saturated rings. The number of pyridine rings is 3. The molecule has 0 radical (unpaired) electrons. The number of halogens is 1. The monoisotopic (exact) mass is 541 g/mol. The van der Waals surface area contributed by atoms with Gasteiger partial charge in [0.15, 0.2) is 0 Å². The summed E-state index contributed by atoms with van der Waals surface area (Å²) in [7, 11) is 5.55. The summed E-state index contributed by atoms with van der Waals surface area (Å²) in [5, 5.41) is 14.4. The van der Waals surface area contributed by atoms with Gasteiger partial charge < -0.3 is 29.8 Å². The van der Waals surface area contributed by atoms with Gasteiger partial charge in [-0.25, -0.2) is 19.2 Å². The van der Waals surface area contributed by atoms with E-state index in [0.717, 1.165) is 53.6 Å². The second kappa shape index (κ2) is 8.75. The van der Waals surface area contributed by atoms with Crippen molar-refractivity contribution in [1.82, 2.24) is 24.4 Å². The van der Waals surface area contributed by atoms with Crippen LogP contribution in [0.1, 0.15) is 16.8 Å². The lowest BCUT2D eigenvalue weighted by Gasteiger charge is -2.29. The van der Waals surface area contributed by atoms with E-state index in [0.29, 0.717) is 28.5 Å². The van der Waals surface area contributed by atoms with E-state index >= 15 is 0 Å². The van der Waals surface area contributed by atoms with E-state index in [2.05, 4.69) is 32.1 Å². The molecule has 6 heterocycles. The van der Waals surface area contributed by atoms with Crippen LogP contribution in [-0.4, -0.2) is 75.3 Å². The summed E-state index contributed by atoms with van der Waals surface area (Å²) < 4.78 is 16.4. The number of rotatable bonds is 4. The SMILES string of the molecule is CNc1cc(F)cc2c1[nH]c1ncc(-c3cnc4c(c3)c(=O)c(C(=O)O)cn4C)c(N3CC[C@@H]4CN(C)C[C@@H]43)c12. The first kappa shape index (κ1) is 24.5. The molecule has 7 rings (SSSR count). The van der Waals surface area contributed by atoms with Gasteiger partial charge in [-0.3, -0.25) is 4.79 Å². The number of hydrogen-bond donors (Lipinski definition) is 3. The van der Waals surface area contributed by atoms with Crippen LogP contribution in [0.15, 0.2) is 41.6 Å². The minimum atomic E-state index is -1.29. The van der Waals surface area contributed by atoms with E-state index < -0.39 is 11.4 Å². The molecule has 40 heavy (non-hydrogen) atoms. The first-order chi connectivity index (χ1) is 19.2. The molecule has 1 aromatic carbocycles. The summed E-state index contributed by atoms with van der Waals surface area (Å²) in [5.41, 5.74) is 3.85. The quantitative estimate of drug-likeness (QED) is 0.316. The number of aromatic amines is 1. The van der Waals surface area contributed by atoms with Crippen molar-refractivity contribution < 1.29 is 14.3 Å². The number of carboxylic acid groups (broad SMARTS) is 1. The summed E-state index contributed by atoms with van der Waals surface area (Å²) in [6.07, 6.45) is 5.79. The molecule has 0 aliphatic carbocycles. The number of aromatic nitrogens is 4. The molecule has 4 aromatic heterocycles. The highest BCUT2D eigenvalue weighted by Gasteiger charge is 2.41. The second-order valence-corrected chi connectivity index (χ2v) is 10.9. The van der Waals surface area contributed by atoms with Gasteiger partial charge in [-0.15, -0.1) is 0 Å². The zero-order valence-electron chi connectivity index (χ0n) is 22.3. The summed E-state index contributed by atoms with van der Waals surface area (Å²) in [6.45, 7) is 2.76. The molecule has 5 aromatic rings. The number of benzene rings is 1. The number of carbonyl (C=O) groups is 1. The zero-order valence-corrected chi connectivity index (χ0v) is 22.3. The maximum atomic E-state index is 14.9. The molecule has 2 aliphatic heterocycles. The maximum absolute atomic E-state index is 14.9. The number of nitrogens with one attached hydrogen (secondary N) is 2. The van der Waals surface area contributed by atoms with Crippen LogP contribution in [0.25, 0.3) is 44.1 Å². The third-order valence-electron chi connectivity index (χ3n) is 8.51. The van der Waals surface area contributed by atoms with Crippen LogP contribution in [0.2, 0.25) is 0 Å². The third-order valence-corrected chi connectivity index (χ3v) is 8.51. The van der Waals surface area contributed by atoms with E-state index in [1.165, 1.54) is 18.3 Å². The molecule has 10 nitrogen and oxygen atoms in total. The summed E-state index contributed by atoms with van der Waals surface area (Å²) in [5.74, 6) is -1.13. The number of likely N-dealkylation sites (N-methyl/N-ethyl adjacent to an activating group) is 1. The topological polar surface area (TPSA) is 119 Å². The molecule has 2 saturated heterocycles. The maximum Gasteiger partial charge on any atom is 0.341 e. The number of fused-ring (bicyclic) bond motifs is 5. The Balaban J connectivity index is 1.55. The number of aromatic carboxylic acids is 1. The number of anilines is 2. The Kier molecular flexibility index (Phi) is 5.36. The minimum Gasteiger partial charge on any atom is -0.477 e. The van der Waals surface area contributed by atoms with E-state index in [1.54, 1.807) is 37.1 Å². The predicted molar refractivity (Wildman–Crippen MR) is 153 cm³/mol. The van der Waals surface area contributed by atoms with Gasteiger partial charge in [-0.2, -0.15) is 0 Å². The molecule has 0 amide bonds. The van der Waals surface area contributed by atoms with Crippen molar-refractivity contribution in [1.29, 1.82) is 0 Å². The first-order valence-corrected chi connectivity index (χ1v) is 13.2. The smallest absolute Gasteiger partial charge is 0.341 e. The van der Waals surface area contributed by atoms with Gasteiger partial charge in [0, 0.05) is 74.9 Å². The van der Waals surface area contributed by atoms with Crippen LogP contribution in [0.5, 0.6) is 0 Å². The fourth-order valence-corrected chi connectivity index (χ4v) is 6.73. The molecule has 2 aliphatic rings. The van der Waals surface area contributed by atoms with Crippen LogP contribution in [0.3, 0.4) is 0 Å². The van der Waals surface area contributed by atoms with Crippen LogP contribution in [0.4, 0.5) is 15.8 Å². The number of hydrogen-bond acceptors (Lipinski definition) is 7. The Bertz CT molecular complexity index is 1930. The van der Waals surface area contributed by atoms with Gasteiger partial charge in [0.1, 0.15) is 22.7 Å². The van der Waals surface area contributed by atoms with Crippen LogP contribution in [0, 0.1) is 11.7 Å². The summed E-state index contributed by atoms with van der Waals surface area (Å²) in [4.78, 5) is 42.4. The lowest BCUT2D eigenvalue weighted by atomic mass is 9.99. The number of carboxylic acids is 1. The molecular formula is C29H28FN7O3. The van der Waals surface area contributed by atoms with E-state index in [9.17, 15) is 19.1 Å². The Labute approximate surface area is 228 Å². The van der Waals surface area contributed by atoms with Crippen molar-refractivity contribution in [2.24, 2.45) is 13.0 Å². The molecule has 0 saturated carbocycles. The van der Waals surface area contributed by atoms with Gasteiger partial charge in [-0.05, 0) is 37.6 Å². The van der Waals surface area contributed by atoms with Crippen molar-refractivity contribution in [2.75, 3.05) is 43.9 Å². The summed E-state index contributed by atoms with van der Waals surface area (Å²) in [6, 6.07) is 4.97. The molecule has 0 unspecified atom stereocenters. The number of nitrogens with zero attached hydrogens (tertiary/aromatic N) is 5. The molecule has 0 bridgehead atoms. The fourth-order valence-electron chi connectivity index (χ4n) is 6.73. The molecule has 3 N–H and O–H groups in total. The van der Waals surface area contributed by atoms with Crippen molar-refractivity contribution in [3.63, 3.8) is 0 Å². The minimum absolute atomic E-state index is 0.216. The predicted octanol–water partition coefficient (Wildman–Crippen LogP) is 3.65. The van der Waals surface area contributed by atoms with Crippen molar-refractivity contribution in [3.05, 3.63) is 58.4 Å². The van der Waals surface area contributed by atoms with Crippen molar-refractivity contribution in [2.45, 2.75) is 12.5 Å². The molecular weight excluding hydrogens is 513 g/mol. The average molecular weight is 542 g/mol. The van der Waals surface area contributed by atoms with Crippen molar-refractivity contribution >= 4 is 50.3 Å². The van der Waals surface area contributed by atoms with E-state index in [4.69, 9.17) is 4.98 Å². The average Bonchev–Trinajstić information content (AvgIpc) is 3.61. The Hall–Kier alpha value is -4.51. The second-order valence-electron chi connectivity index (χ2n) is 10.9. The first-order valence-electron chi connectivity index (χ1n) is 13.2. The summed E-state index contributed by atoms with van der Waals surface area (Å²) >= 11 is 0. The van der Waals surface area contributed by atoms with Gasteiger partial charge in [0.2, 0.25) is 5.43 Å². The Morgan fingerprint density at radius 3 is 2.75 bits per heavy atom. The Morgan fingerprint density at radius 1 is 1.15 bits per heavy atom. The highest BCUT2D eigenvalue weighted by molar-refractivity contribution is 6.18.